The van der Waals surface area contributed by atoms with Gasteiger partial charge in [-0.15, -0.1) is 0 Å². The quantitative estimate of drug-likeness (QED) is 0.359. The number of nitrogens with one attached hydrogen (secondary N) is 1. The number of carbonyl (C=O) groups is 2. The van der Waals surface area contributed by atoms with Crippen molar-refractivity contribution in [3.63, 3.8) is 0 Å². The van der Waals surface area contributed by atoms with Crippen molar-refractivity contribution in [3.8, 4) is 0 Å². The zero-order chi connectivity index (χ0) is 21.2. The third-order valence-corrected chi connectivity index (χ3v) is 5.50. The lowest BCUT2D eigenvalue weighted by atomic mass is 10.00. The third kappa shape index (κ3) is 6.58. The lowest BCUT2D eigenvalue weighted by Crippen LogP contribution is -2.50. The van der Waals surface area contributed by atoms with Crippen LogP contribution in [0.2, 0.25) is 0 Å². The van der Waals surface area contributed by atoms with Gasteiger partial charge in [-0.25, -0.2) is 0 Å². The molecule has 1 aromatic rings. The van der Waals surface area contributed by atoms with Crippen LogP contribution in [0, 0.1) is 0 Å². The monoisotopic (exact) mass is 419 g/mol. The summed E-state index contributed by atoms with van der Waals surface area (Å²) in [6.45, 7) is 5.57. The number of hydrogen-bond donors (Lipinski definition) is 2. The molecule has 0 saturated carbocycles. The maximum Gasteiger partial charge on any atom is 0.243 e. The molecule has 8 heteroatoms. The summed E-state index contributed by atoms with van der Waals surface area (Å²) >= 11 is 0. The molecule has 1 unspecified atom stereocenters. The van der Waals surface area contributed by atoms with Gasteiger partial charge in [0.05, 0.1) is 39.1 Å². The van der Waals surface area contributed by atoms with E-state index < -0.39 is 0 Å². The van der Waals surface area contributed by atoms with Crippen LogP contribution < -0.4 is 11.1 Å². The van der Waals surface area contributed by atoms with Gasteiger partial charge in [-0.3, -0.25) is 19.8 Å². The first-order valence-corrected chi connectivity index (χ1v) is 10.8. The lowest BCUT2D eigenvalue weighted by molar-refractivity contribution is -0.137. The minimum absolute atomic E-state index is 0.165. The smallest absolute Gasteiger partial charge is 0.243 e. The Morgan fingerprint density at radius 1 is 1.00 bits per heavy atom. The van der Waals surface area contributed by atoms with Crippen LogP contribution in [0.15, 0.2) is 18.2 Å². The summed E-state index contributed by atoms with van der Waals surface area (Å²) in [7, 11) is 0. The molecule has 0 spiro atoms. The number of nitrogens with two attached hydrogens (primary N) is 1. The highest BCUT2D eigenvalue weighted by molar-refractivity contribution is 6.00. The average Bonchev–Trinajstić information content (AvgIpc) is 3.16. The van der Waals surface area contributed by atoms with E-state index in [2.05, 4.69) is 28.4 Å². The molecule has 1 aromatic carbocycles. The van der Waals surface area contributed by atoms with Crippen LogP contribution in [0.4, 0.5) is 0 Å². The normalized spacial score (nSPS) is 19.2. The Bertz CT molecular complexity index is 712. The Hall–Kier alpha value is -1.84. The van der Waals surface area contributed by atoms with Gasteiger partial charge in [0.25, 0.3) is 0 Å². The van der Waals surface area contributed by atoms with Crippen molar-refractivity contribution < 1.29 is 23.8 Å². The highest BCUT2D eigenvalue weighted by Crippen LogP contribution is 2.30. The number of imide groups is 1. The highest BCUT2D eigenvalue weighted by atomic mass is 16.5. The van der Waals surface area contributed by atoms with Crippen LogP contribution in [0.25, 0.3) is 0 Å². The van der Waals surface area contributed by atoms with Crippen molar-refractivity contribution in [2.24, 2.45) is 5.73 Å². The molecule has 1 saturated heterocycles. The number of benzene rings is 1. The maximum absolute atomic E-state index is 12.2. The zero-order valence-corrected chi connectivity index (χ0v) is 17.6. The van der Waals surface area contributed by atoms with Gasteiger partial charge in [0.15, 0.2) is 0 Å². The van der Waals surface area contributed by atoms with Gasteiger partial charge in [0, 0.05) is 32.7 Å². The van der Waals surface area contributed by atoms with Gasteiger partial charge in [0.1, 0.15) is 0 Å². The van der Waals surface area contributed by atoms with E-state index in [1.54, 1.807) is 0 Å². The Morgan fingerprint density at radius 2 is 1.73 bits per heavy atom. The topological polar surface area (TPSA) is 103 Å². The number of nitrogens with zero attached hydrogens (tertiary/aromatic N) is 1. The van der Waals surface area contributed by atoms with Gasteiger partial charge >= 0.3 is 0 Å². The van der Waals surface area contributed by atoms with Crippen molar-refractivity contribution in [1.82, 2.24) is 10.2 Å². The van der Waals surface area contributed by atoms with Crippen molar-refractivity contribution >= 4 is 11.8 Å². The van der Waals surface area contributed by atoms with Gasteiger partial charge < -0.3 is 19.9 Å². The van der Waals surface area contributed by atoms with E-state index >= 15 is 0 Å². The van der Waals surface area contributed by atoms with Gasteiger partial charge in [-0.2, -0.15) is 0 Å². The minimum Gasteiger partial charge on any atom is -0.379 e. The molecule has 3 N–H and O–H groups in total. The second kappa shape index (κ2) is 12.1. The molecular weight excluding hydrogens is 386 g/mol. The van der Waals surface area contributed by atoms with Gasteiger partial charge in [-0.1, -0.05) is 18.2 Å². The molecule has 0 aliphatic carbocycles. The first-order chi connectivity index (χ1) is 14.7. The van der Waals surface area contributed by atoms with Crippen LogP contribution in [0.3, 0.4) is 0 Å². The maximum atomic E-state index is 12.2. The minimum atomic E-state index is -0.216. The van der Waals surface area contributed by atoms with Crippen LogP contribution in [-0.2, 0) is 43.3 Å². The molecule has 0 radical (unpaired) electrons. The van der Waals surface area contributed by atoms with Crippen molar-refractivity contribution in [2.45, 2.75) is 44.8 Å². The Morgan fingerprint density at radius 3 is 2.47 bits per heavy atom. The molecule has 0 bridgehead atoms. The Kier molecular flexibility index (Phi) is 9.23. The predicted molar refractivity (Wildman–Crippen MR) is 112 cm³/mol. The molecule has 0 aromatic heterocycles. The largest absolute Gasteiger partial charge is 0.379 e. The molecule has 2 amide bonds. The molecule has 166 valence electrons. The number of fused-ring (bicyclic) bond motifs is 1. The lowest BCUT2D eigenvalue weighted by Gasteiger charge is -2.29. The fourth-order valence-electron chi connectivity index (χ4n) is 3.99. The second-order valence-corrected chi connectivity index (χ2v) is 7.66. The Balaban J connectivity index is 1.35. The molecule has 2 aliphatic rings. The molecular formula is C22H33N3O5. The van der Waals surface area contributed by atoms with Crippen LogP contribution in [0.1, 0.15) is 36.0 Å². The first kappa shape index (κ1) is 22.8. The van der Waals surface area contributed by atoms with E-state index in [0.29, 0.717) is 59.0 Å². The van der Waals surface area contributed by atoms with E-state index in [1.807, 2.05) is 0 Å². The fraction of sp³-hybridized carbons (Fsp3) is 0.636. The van der Waals surface area contributed by atoms with Crippen LogP contribution in [0.5, 0.6) is 0 Å². The van der Waals surface area contributed by atoms with Crippen molar-refractivity contribution in [1.29, 1.82) is 0 Å². The number of ether oxygens (including phenoxy) is 3. The summed E-state index contributed by atoms with van der Waals surface area (Å²) in [4.78, 5) is 25.8. The molecule has 30 heavy (non-hydrogen) atoms. The SMILES string of the molecule is NCCOCCOCCOCCCc1cccc2c1CN(C1CCC(=O)NC1=O)C2. The van der Waals surface area contributed by atoms with E-state index in [4.69, 9.17) is 19.9 Å². The zero-order valence-electron chi connectivity index (χ0n) is 17.6. The van der Waals surface area contributed by atoms with Gasteiger partial charge in [-0.05, 0) is 36.0 Å². The molecule has 2 aliphatic heterocycles. The summed E-state index contributed by atoms with van der Waals surface area (Å²) in [5.74, 6) is -0.332. The molecule has 1 atom stereocenters. The van der Waals surface area contributed by atoms with E-state index in [1.165, 1.54) is 16.7 Å². The predicted octanol–water partition coefficient (Wildman–Crippen LogP) is 0.749. The second-order valence-electron chi connectivity index (χ2n) is 7.66. The number of rotatable bonds is 13. The van der Waals surface area contributed by atoms with Crippen LogP contribution in [-0.4, -0.2) is 68.9 Å². The summed E-state index contributed by atoms with van der Waals surface area (Å²) in [6, 6.07) is 6.17. The van der Waals surface area contributed by atoms with E-state index in [9.17, 15) is 9.59 Å². The Labute approximate surface area is 178 Å². The van der Waals surface area contributed by atoms with Gasteiger partial charge in [0.2, 0.25) is 11.8 Å². The van der Waals surface area contributed by atoms with E-state index in [-0.39, 0.29) is 17.9 Å². The van der Waals surface area contributed by atoms with Crippen LogP contribution >= 0.6 is 0 Å². The molecule has 8 nitrogen and oxygen atoms in total. The van der Waals surface area contributed by atoms with Crippen molar-refractivity contribution in [2.75, 3.05) is 46.2 Å². The third-order valence-electron chi connectivity index (χ3n) is 5.50. The number of carbonyl (C=O) groups excluding carboxylic acids is 2. The number of piperidine rings is 1. The fourth-order valence-corrected chi connectivity index (χ4v) is 3.99. The average molecular weight is 420 g/mol. The molecule has 2 heterocycles. The number of hydrogen-bond acceptors (Lipinski definition) is 7. The van der Waals surface area contributed by atoms with Crippen molar-refractivity contribution in [3.05, 3.63) is 34.9 Å². The summed E-state index contributed by atoms with van der Waals surface area (Å²) in [5, 5.41) is 2.46. The number of amides is 2. The van der Waals surface area contributed by atoms with E-state index in [0.717, 1.165) is 25.9 Å². The summed E-state index contributed by atoms with van der Waals surface area (Å²) in [6.07, 6.45) is 2.90. The standard InChI is InChI=1S/C22H33N3O5/c23-8-10-29-12-14-30-13-11-28-9-2-5-17-3-1-4-18-15-25(16-19(17)18)20-6-7-21(26)24-22(20)27/h1,3-4,20H,2,5-16,23H2,(H,24,26,27). The number of aryl methyl sites for hydroxylation is 1. The molecule has 3 rings (SSSR count). The summed E-state index contributed by atoms with van der Waals surface area (Å²) in [5.41, 5.74) is 9.27. The first-order valence-electron chi connectivity index (χ1n) is 10.8. The highest BCUT2D eigenvalue weighted by Gasteiger charge is 2.35. The summed E-state index contributed by atoms with van der Waals surface area (Å²) < 4.78 is 16.3. The molecule has 1 fully saturated rings.